The summed E-state index contributed by atoms with van der Waals surface area (Å²) < 4.78 is 1.87. The second-order valence-electron chi connectivity index (χ2n) is 5.85. The Morgan fingerprint density at radius 1 is 1.32 bits per heavy atom. The molecule has 1 aliphatic carbocycles. The molecule has 0 spiro atoms. The Morgan fingerprint density at radius 3 is 2.79 bits per heavy atom. The van der Waals surface area contributed by atoms with Gasteiger partial charge in [-0.25, -0.2) is 0 Å². The summed E-state index contributed by atoms with van der Waals surface area (Å²) in [5.41, 5.74) is 10.6. The Labute approximate surface area is 114 Å². The second-order valence-corrected chi connectivity index (χ2v) is 5.85. The molecule has 1 unspecified atom stereocenters. The van der Waals surface area contributed by atoms with Gasteiger partial charge in [-0.1, -0.05) is 24.3 Å². The van der Waals surface area contributed by atoms with Crippen LogP contribution in [0.3, 0.4) is 0 Å². The second kappa shape index (κ2) is 4.82. The number of aryl methyl sites for hydroxylation is 2. The number of benzene rings is 1. The van der Waals surface area contributed by atoms with Gasteiger partial charge in [0.25, 0.3) is 0 Å². The molecule has 1 atom stereocenters. The Balaban J connectivity index is 1.85. The minimum absolute atomic E-state index is 0.206. The van der Waals surface area contributed by atoms with Crippen molar-refractivity contribution in [3.8, 4) is 0 Å². The monoisotopic (exact) mass is 255 g/mol. The number of hydrogen-bond acceptors (Lipinski definition) is 2. The number of aromatic nitrogens is 2. The van der Waals surface area contributed by atoms with Gasteiger partial charge in [0.1, 0.15) is 0 Å². The molecule has 2 aromatic rings. The maximum atomic E-state index is 6.12. The zero-order valence-electron chi connectivity index (χ0n) is 11.5. The third-order valence-electron chi connectivity index (χ3n) is 4.38. The number of nitrogens with two attached hydrogens (primary N) is 1. The van der Waals surface area contributed by atoms with Gasteiger partial charge >= 0.3 is 0 Å². The molecule has 0 saturated carbocycles. The largest absolute Gasteiger partial charge is 0.330 e. The van der Waals surface area contributed by atoms with Gasteiger partial charge in [-0.3, -0.25) is 4.68 Å². The lowest BCUT2D eigenvalue weighted by Gasteiger charge is -2.37. The number of nitrogens with zero attached hydrogens (tertiary/aromatic N) is 2. The number of rotatable bonds is 3. The molecule has 19 heavy (non-hydrogen) atoms. The summed E-state index contributed by atoms with van der Waals surface area (Å²) >= 11 is 0. The van der Waals surface area contributed by atoms with Gasteiger partial charge < -0.3 is 5.73 Å². The van der Waals surface area contributed by atoms with Crippen LogP contribution in [0, 0.1) is 5.41 Å². The van der Waals surface area contributed by atoms with Crippen molar-refractivity contribution in [1.29, 1.82) is 0 Å². The Bertz CT molecular complexity index is 573. The highest BCUT2D eigenvalue weighted by atomic mass is 15.2. The van der Waals surface area contributed by atoms with E-state index in [1.165, 1.54) is 23.1 Å². The van der Waals surface area contributed by atoms with Crippen molar-refractivity contribution in [3.63, 3.8) is 0 Å². The summed E-state index contributed by atoms with van der Waals surface area (Å²) in [6.45, 7) is 0.746. The van der Waals surface area contributed by atoms with E-state index in [-0.39, 0.29) is 5.41 Å². The maximum Gasteiger partial charge on any atom is 0.0521 e. The van der Waals surface area contributed by atoms with Crippen LogP contribution < -0.4 is 5.73 Å². The molecule has 1 heterocycles. The lowest BCUT2D eigenvalue weighted by atomic mass is 9.68. The molecule has 3 nitrogen and oxygen atoms in total. The first kappa shape index (κ1) is 12.4. The molecule has 0 bridgehead atoms. The summed E-state index contributed by atoms with van der Waals surface area (Å²) in [6, 6.07) is 8.77. The van der Waals surface area contributed by atoms with Gasteiger partial charge in [0.2, 0.25) is 0 Å². The Hall–Kier alpha value is -1.61. The van der Waals surface area contributed by atoms with Crippen molar-refractivity contribution < 1.29 is 0 Å². The van der Waals surface area contributed by atoms with Gasteiger partial charge in [0.05, 0.1) is 6.20 Å². The van der Waals surface area contributed by atoms with Crippen LogP contribution in [-0.4, -0.2) is 16.3 Å². The van der Waals surface area contributed by atoms with Gasteiger partial charge in [0, 0.05) is 13.2 Å². The standard InChI is InChI=1S/C16H21N3/c1-19-11-13(10-18-19)8-16(12-17)7-6-14-4-2-3-5-15(14)9-16/h2-5,10-11H,6-9,12,17H2,1H3. The van der Waals surface area contributed by atoms with Gasteiger partial charge in [0.15, 0.2) is 0 Å². The fraction of sp³-hybridized carbons (Fsp3) is 0.438. The fourth-order valence-electron chi connectivity index (χ4n) is 3.26. The van der Waals surface area contributed by atoms with Crippen molar-refractivity contribution in [3.05, 3.63) is 53.3 Å². The molecule has 1 aliphatic rings. The van der Waals surface area contributed by atoms with Crippen LogP contribution in [0.4, 0.5) is 0 Å². The smallest absolute Gasteiger partial charge is 0.0521 e. The number of hydrogen-bond donors (Lipinski definition) is 1. The molecular formula is C16H21N3. The molecular weight excluding hydrogens is 234 g/mol. The normalized spacial score (nSPS) is 22.2. The molecule has 100 valence electrons. The van der Waals surface area contributed by atoms with Crippen LogP contribution in [0.25, 0.3) is 0 Å². The van der Waals surface area contributed by atoms with E-state index in [0.717, 1.165) is 25.8 Å². The van der Waals surface area contributed by atoms with E-state index in [1.807, 2.05) is 17.9 Å². The molecule has 0 saturated heterocycles. The highest BCUT2D eigenvalue weighted by molar-refractivity contribution is 5.31. The number of fused-ring (bicyclic) bond motifs is 1. The minimum Gasteiger partial charge on any atom is -0.330 e. The molecule has 1 aromatic heterocycles. The first-order valence-electron chi connectivity index (χ1n) is 6.95. The predicted octanol–water partition coefficient (Wildman–Crippen LogP) is 2.10. The molecule has 3 heteroatoms. The van der Waals surface area contributed by atoms with E-state index >= 15 is 0 Å². The fourth-order valence-corrected chi connectivity index (χ4v) is 3.26. The van der Waals surface area contributed by atoms with Gasteiger partial charge in [-0.15, -0.1) is 0 Å². The van der Waals surface area contributed by atoms with Crippen LogP contribution >= 0.6 is 0 Å². The molecule has 0 aliphatic heterocycles. The first-order valence-corrected chi connectivity index (χ1v) is 6.95. The van der Waals surface area contributed by atoms with E-state index in [4.69, 9.17) is 5.73 Å². The highest BCUT2D eigenvalue weighted by Crippen LogP contribution is 2.37. The zero-order chi connectivity index (χ0) is 13.3. The van der Waals surface area contributed by atoms with Gasteiger partial charge in [-0.05, 0) is 54.3 Å². The summed E-state index contributed by atoms with van der Waals surface area (Å²) in [4.78, 5) is 0. The summed E-state index contributed by atoms with van der Waals surface area (Å²) in [6.07, 6.45) is 8.53. The average molecular weight is 255 g/mol. The van der Waals surface area contributed by atoms with Crippen LogP contribution in [0.5, 0.6) is 0 Å². The third-order valence-corrected chi connectivity index (χ3v) is 4.38. The van der Waals surface area contributed by atoms with Crippen LogP contribution in [-0.2, 0) is 26.3 Å². The van der Waals surface area contributed by atoms with Crippen molar-refractivity contribution in [2.75, 3.05) is 6.54 Å². The van der Waals surface area contributed by atoms with Gasteiger partial charge in [-0.2, -0.15) is 5.10 Å². The van der Waals surface area contributed by atoms with E-state index < -0.39 is 0 Å². The van der Waals surface area contributed by atoms with E-state index in [9.17, 15) is 0 Å². The van der Waals surface area contributed by atoms with E-state index in [2.05, 4.69) is 35.6 Å². The average Bonchev–Trinajstić information content (AvgIpc) is 2.84. The van der Waals surface area contributed by atoms with Crippen molar-refractivity contribution in [2.45, 2.75) is 25.7 Å². The predicted molar refractivity (Wildman–Crippen MR) is 76.9 cm³/mol. The van der Waals surface area contributed by atoms with Crippen molar-refractivity contribution in [1.82, 2.24) is 9.78 Å². The maximum absolute atomic E-state index is 6.12. The molecule has 3 rings (SSSR count). The highest BCUT2D eigenvalue weighted by Gasteiger charge is 2.33. The third kappa shape index (κ3) is 2.43. The molecule has 0 amide bonds. The topological polar surface area (TPSA) is 43.8 Å². The molecule has 0 fully saturated rings. The van der Waals surface area contributed by atoms with Crippen molar-refractivity contribution in [2.24, 2.45) is 18.2 Å². The van der Waals surface area contributed by atoms with Crippen LogP contribution in [0.1, 0.15) is 23.1 Å². The summed E-state index contributed by atoms with van der Waals surface area (Å²) in [5.74, 6) is 0. The van der Waals surface area contributed by atoms with Crippen LogP contribution in [0.15, 0.2) is 36.7 Å². The lowest BCUT2D eigenvalue weighted by Crippen LogP contribution is -2.38. The minimum atomic E-state index is 0.206. The summed E-state index contributed by atoms with van der Waals surface area (Å²) in [5, 5.41) is 4.27. The van der Waals surface area contributed by atoms with E-state index in [1.54, 1.807) is 0 Å². The summed E-state index contributed by atoms with van der Waals surface area (Å²) in [7, 11) is 1.97. The Kier molecular flexibility index (Phi) is 3.15. The molecule has 0 radical (unpaired) electrons. The molecule has 1 aromatic carbocycles. The lowest BCUT2D eigenvalue weighted by molar-refractivity contribution is 0.254. The SMILES string of the molecule is Cn1cc(CC2(CN)CCc3ccccc3C2)cn1. The van der Waals surface area contributed by atoms with E-state index in [0.29, 0.717) is 0 Å². The first-order chi connectivity index (χ1) is 9.21. The Morgan fingerprint density at radius 2 is 2.11 bits per heavy atom. The molecule has 2 N–H and O–H groups in total. The quantitative estimate of drug-likeness (QED) is 0.912. The zero-order valence-corrected chi connectivity index (χ0v) is 11.5. The van der Waals surface area contributed by atoms with Crippen molar-refractivity contribution >= 4 is 0 Å². The van der Waals surface area contributed by atoms with Crippen LogP contribution in [0.2, 0.25) is 0 Å².